The number of esters is 1. The van der Waals surface area contributed by atoms with Gasteiger partial charge in [-0.1, -0.05) is 60.1 Å². The summed E-state index contributed by atoms with van der Waals surface area (Å²) in [5.74, 6) is -1.30. The number of aromatic nitrogens is 1. The van der Waals surface area contributed by atoms with Gasteiger partial charge in [0.15, 0.2) is 0 Å². The number of carbonyl (C=O) groups excluding carboxylic acids is 1. The van der Waals surface area contributed by atoms with E-state index in [-0.39, 0.29) is 17.0 Å². The topological polar surface area (TPSA) is 83.5 Å². The Labute approximate surface area is 184 Å². The Kier molecular flexibility index (Phi) is 5.57. The van der Waals surface area contributed by atoms with Gasteiger partial charge in [-0.2, -0.15) is 0 Å². The second-order valence-corrected chi connectivity index (χ2v) is 7.67. The first-order chi connectivity index (χ1) is 14.9. The van der Waals surface area contributed by atoms with Crippen molar-refractivity contribution in [2.24, 2.45) is 5.73 Å². The molecule has 2 N–H and O–H groups in total. The van der Waals surface area contributed by atoms with Crippen molar-refractivity contribution in [2.75, 3.05) is 7.11 Å². The zero-order valence-electron chi connectivity index (χ0n) is 17.1. The Morgan fingerprint density at radius 2 is 1.84 bits per heavy atom. The normalized spacial score (nSPS) is 15.3. The van der Waals surface area contributed by atoms with Gasteiger partial charge in [0, 0.05) is 16.8 Å². The van der Waals surface area contributed by atoms with Gasteiger partial charge in [-0.25, -0.2) is 4.79 Å². The molecule has 4 rings (SSSR count). The fourth-order valence-electron chi connectivity index (χ4n) is 3.88. The molecule has 7 heteroatoms. The number of fused-ring (bicyclic) bond motifs is 1. The average Bonchev–Trinajstić information content (AvgIpc) is 2.76. The number of aryl methyl sites for hydroxylation is 1. The molecule has 0 amide bonds. The number of pyridine rings is 1. The summed E-state index contributed by atoms with van der Waals surface area (Å²) in [4.78, 5) is 26.4. The predicted octanol–water partition coefficient (Wildman–Crippen LogP) is 3.73. The zero-order valence-corrected chi connectivity index (χ0v) is 17.8. The maximum Gasteiger partial charge on any atom is 0.340 e. The van der Waals surface area contributed by atoms with Gasteiger partial charge in [0.05, 0.1) is 25.1 Å². The van der Waals surface area contributed by atoms with Crippen LogP contribution in [0.25, 0.3) is 0 Å². The third-order valence-corrected chi connectivity index (χ3v) is 5.72. The van der Waals surface area contributed by atoms with E-state index in [2.05, 4.69) is 0 Å². The van der Waals surface area contributed by atoms with E-state index >= 15 is 0 Å². The third kappa shape index (κ3) is 3.70. The van der Waals surface area contributed by atoms with Crippen LogP contribution in [-0.4, -0.2) is 17.6 Å². The van der Waals surface area contributed by atoms with E-state index in [4.69, 9.17) is 26.8 Å². The Morgan fingerprint density at radius 1 is 1.16 bits per heavy atom. The quantitative estimate of drug-likeness (QED) is 0.630. The van der Waals surface area contributed by atoms with E-state index in [1.165, 1.54) is 7.11 Å². The number of carbonyl (C=O) groups is 1. The minimum atomic E-state index is -0.819. The molecule has 6 nitrogen and oxygen atoms in total. The molecule has 158 valence electrons. The molecule has 0 bridgehead atoms. The van der Waals surface area contributed by atoms with Crippen molar-refractivity contribution < 1.29 is 14.3 Å². The lowest BCUT2D eigenvalue weighted by molar-refractivity contribution is -0.136. The summed E-state index contributed by atoms with van der Waals surface area (Å²) in [5, 5.41) is 0.407. The fourth-order valence-corrected chi connectivity index (χ4v) is 4.12. The van der Waals surface area contributed by atoms with Crippen LogP contribution in [0.3, 0.4) is 0 Å². The van der Waals surface area contributed by atoms with Crippen molar-refractivity contribution in [3.63, 3.8) is 0 Å². The van der Waals surface area contributed by atoms with E-state index in [1.54, 1.807) is 34.9 Å². The molecule has 0 radical (unpaired) electrons. The first kappa shape index (κ1) is 20.8. The van der Waals surface area contributed by atoms with Crippen LogP contribution in [0.1, 0.15) is 28.3 Å². The molecule has 0 aliphatic carbocycles. The summed E-state index contributed by atoms with van der Waals surface area (Å²) in [6, 6.07) is 18.4. The molecule has 0 saturated heterocycles. The molecule has 1 aliphatic rings. The third-order valence-electron chi connectivity index (χ3n) is 5.37. The summed E-state index contributed by atoms with van der Waals surface area (Å²) in [6.45, 7) is 2.20. The largest absolute Gasteiger partial charge is 0.465 e. The number of methoxy groups -OCH3 is 1. The van der Waals surface area contributed by atoms with Crippen LogP contribution in [0.5, 0.6) is 5.75 Å². The molecule has 2 aromatic carbocycles. The monoisotopic (exact) mass is 436 g/mol. The highest BCUT2D eigenvalue weighted by atomic mass is 35.5. The predicted molar refractivity (Wildman–Crippen MR) is 118 cm³/mol. The molecule has 0 saturated carbocycles. The summed E-state index contributed by atoms with van der Waals surface area (Å²) in [5.41, 5.74) is 8.44. The minimum Gasteiger partial charge on any atom is -0.465 e. The lowest BCUT2D eigenvalue weighted by atomic mass is 9.83. The second kappa shape index (κ2) is 8.32. The number of nitrogens with two attached hydrogens (primary N) is 1. The van der Waals surface area contributed by atoms with Gasteiger partial charge >= 0.3 is 5.97 Å². The molecule has 1 aromatic heterocycles. The van der Waals surface area contributed by atoms with E-state index in [0.29, 0.717) is 34.1 Å². The highest BCUT2D eigenvalue weighted by Crippen LogP contribution is 2.43. The molecule has 0 fully saturated rings. The Hall–Kier alpha value is -3.51. The van der Waals surface area contributed by atoms with Gasteiger partial charge < -0.3 is 19.8 Å². The molecule has 0 unspecified atom stereocenters. The van der Waals surface area contributed by atoms with Crippen molar-refractivity contribution in [3.05, 3.63) is 110 Å². The molecule has 1 atom stereocenters. The number of halogens is 1. The Balaban J connectivity index is 1.97. The molecular weight excluding hydrogens is 416 g/mol. The van der Waals surface area contributed by atoms with Crippen LogP contribution in [0.15, 0.2) is 76.9 Å². The zero-order chi connectivity index (χ0) is 22.1. The summed E-state index contributed by atoms with van der Waals surface area (Å²) < 4.78 is 12.3. The first-order valence-electron chi connectivity index (χ1n) is 9.70. The minimum absolute atomic E-state index is 0.0512. The number of nitrogens with zero attached hydrogens (tertiary/aromatic N) is 1. The van der Waals surface area contributed by atoms with Crippen LogP contribution in [-0.2, 0) is 16.1 Å². The number of hydrogen-bond acceptors (Lipinski definition) is 5. The van der Waals surface area contributed by atoms with Crippen molar-refractivity contribution in [2.45, 2.75) is 19.4 Å². The SMILES string of the molecule is COC(=O)C1=C(N)Oc2cc(C)n(Cc3ccccc3)c(=O)c2[C@H]1c1ccccc1Cl. The maximum atomic E-state index is 13.7. The van der Waals surface area contributed by atoms with Crippen LogP contribution in [0, 0.1) is 6.92 Å². The molecular formula is C24H21ClN2O4. The molecule has 3 aromatic rings. The first-order valence-corrected chi connectivity index (χ1v) is 10.1. The van der Waals surface area contributed by atoms with Gasteiger partial charge in [-0.3, -0.25) is 4.79 Å². The van der Waals surface area contributed by atoms with Crippen LogP contribution in [0.2, 0.25) is 5.02 Å². The van der Waals surface area contributed by atoms with Crippen molar-refractivity contribution in [1.82, 2.24) is 4.57 Å². The van der Waals surface area contributed by atoms with Gasteiger partial charge in [0.2, 0.25) is 5.88 Å². The molecule has 0 spiro atoms. The number of rotatable bonds is 4. The lowest BCUT2D eigenvalue weighted by Gasteiger charge is -2.29. The van der Waals surface area contributed by atoms with Crippen molar-refractivity contribution in [3.8, 4) is 5.75 Å². The second-order valence-electron chi connectivity index (χ2n) is 7.27. The van der Waals surface area contributed by atoms with Crippen LogP contribution in [0.4, 0.5) is 0 Å². The number of hydrogen-bond donors (Lipinski definition) is 1. The number of ether oxygens (including phenoxy) is 2. The molecule has 1 aliphatic heterocycles. The van der Waals surface area contributed by atoms with Gasteiger partial charge in [0.25, 0.3) is 5.56 Å². The summed E-state index contributed by atoms with van der Waals surface area (Å²) in [7, 11) is 1.25. The highest BCUT2D eigenvalue weighted by molar-refractivity contribution is 6.31. The van der Waals surface area contributed by atoms with E-state index in [1.807, 2.05) is 37.3 Å². The van der Waals surface area contributed by atoms with Crippen LogP contribution < -0.4 is 16.0 Å². The highest BCUT2D eigenvalue weighted by Gasteiger charge is 2.39. The smallest absolute Gasteiger partial charge is 0.340 e. The summed E-state index contributed by atoms with van der Waals surface area (Å²) in [6.07, 6.45) is 0. The van der Waals surface area contributed by atoms with Crippen molar-refractivity contribution >= 4 is 17.6 Å². The van der Waals surface area contributed by atoms with Crippen molar-refractivity contribution in [1.29, 1.82) is 0 Å². The van der Waals surface area contributed by atoms with Gasteiger partial charge in [-0.05, 0) is 24.1 Å². The van der Waals surface area contributed by atoms with Gasteiger partial charge in [-0.15, -0.1) is 0 Å². The standard InChI is InChI=1S/C24H21ClN2O4/c1-14-12-18-20(23(28)27(14)13-15-8-4-3-5-9-15)19(16-10-6-7-11-17(16)25)21(22(26)31-18)24(29)30-2/h3-12,19H,13,26H2,1-2H3/t19-/m1/s1. The summed E-state index contributed by atoms with van der Waals surface area (Å²) >= 11 is 6.47. The Bertz CT molecular complexity index is 1250. The average molecular weight is 437 g/mol. The van der Waals surface area contributed by atoms with E-state index < -0.39 is 11.9 Å². The maximum absolute atomic E-state index is 13.7. The van der Waals surface area contributed by atoms with Gasteiger partial charge in [0.1, 0.15) is 11.3 Å². The van der Waals surface area contributed by atoms with E-state index in [9.17, 15) is 9.59 Å². The molecule has 31 heavy (non-hydrogen) atoms. The number of benzene rings is 2. The Morgan fingerprint density at radius 3 is 2.52 bits per heavy atom. The molecule has 2 heterocycles. The lowest BCUT2D eigenvalue weighted by Crippen LogP contribution is -2.35. The van der Waals surface area contributed by atoms with Crippen LogP contribution >= 0.6 is 11.6 Å². The van der Waals surface area contributed by atoms with E-state index in [0.717, 1.165) is 5.56 Å². The fraction of sp³-hybridized carbons (Fsp3) is 0.167.